The summed E-state index contributed by atoms with van der Waals surface area (Å²) in [6.45, 7) is 7.44. The number of esters is 1. The average Bonchev–Trinajstić information content (AvgIpc) is 2.81. The van der Waals surface area contributed by atoms with Gasteiger partial charge in [-0.05, 0) is 48.5 Å². The van der Waals surface area contributed by atoms with Crippen LogP contribution in [0.1, 0.15) is 50.4 Å². The predicted octanol–water partition coefficient (Wildman–Crippen LogP) is 3.99. The summed E-state index contributed by atoms with van der Waals surface area (Å²) >= 11 is 1.50. The van der Waals surface area contributed by atoms with E-state index in [0.717, 1.165) is 30.7 Å². The number of hydrogen-bond acceptors (Lipinski definition) is 4. The molecule has 5 heteroatoms. The second-order valence-corrected chi connectivity index (χ2v) is 9.36. The number of ether oxygens (including phenoxy) is 1. The van der Waals surface area contributed by atoms with E-state index in [-0.39, 0.29) is 29.4 Å². The van der Waals surface area contributed by atoms with Crippen LogP contribution in [-0.4, -0.2) is 42.2 Å². The van der Waals surface area contributed by atoms with Crippen LogP contribution in [0.5, 0.6) is 0 Å². The van der Waals surface area contributed by atoms with E-state index in [2.05, 4.69) is 20.8 Å². The number of likely N-dealkylation sites (tertiary alicyclic amines) is 1. The lowest BCUT2D eigenvalue weighted by Gasteiger charge is -2.39. The molecule has 2 atom stereocenters. The molecule has 1 saturated heterocycles. The number of hydrogen-bond donors (Lipinski definition) is 0. The Bertz CT molecular complexity index is 687. The SMILES string of the molecule is CSc1ccccc1C(=O)OCC(=O)N1C[C@]2(C)C[C@H]1CC(C)(C)C2. The molecule has 3 rings (SSSR count). The molecule has 0 spiro atoms. The molecule has 1 aromatic carbocycles. The maximum Gasteiger partial charge on any atom is 0.339 e. The summed E-state index contributed by atoms with van der Waals surface area (Å²) in [5.41, 5.74) is 0.981. The topological polar surface area (TPSA) is 46.6 Å². The zero-order valence-electron chi connectivity index (χ0n) is 15.5. The number of carbonyl (C=O) groups is 2. The monoisotopic (exact) mass is 361 g/mol. The maximum absolute atomic E-state index is 12.7. The summed E-state index contributed by atoms with van der Waals surface area (Å²) in [7, 11) is 0. The van der Waals surface area contributed by atoms with Crippen molar-refractivity contribution in [2.45, 2.75) is 51.0 Å². The first-order valence-electron chi connectivity index (χ1n) is 8.83. The largest absolute Gasteiger partial charge is 0.452 e. The Morgan fingerprint density at radius 2 is 1.96 bits per heavy atom. The van der Waals surface area contributed by atoms with Gasteiger partial charge >= 0.3 is 5.97 Å². The first-order chi connectivity index (χ1) is 11.7. The van der Waals surface area contributed by atoms with Gasteiger partial charge in [-0.15, -0.1) is 11.8 Å². The Morgan fingerprint density at radius 1 is 1.24 bits per heavy atom. The fourth-order valence-electron chi connectivity index (χ4n) is 4.85. The molecular weight excluding hydrogens is 334 g/mol. The highest BCUT2D eigenvalue weighted by molar-refractivity contribution is 7.98. The minimum absolute atomic E-state index is 0.0681. The quantitative estimate of drug-likeness (QED) is 0.601. The van der Waals surface area contributed by atoms with Crippen LogP contribution in [0.3, 0.4) is 0 Å². The summed E-state index contributed by atoms with van der Waals surface area (Å²) < 4.78 is 5.33. The van der Waals surface area contributed by atoms with Gasteiger partial charge in [0.15, 0.2) is 6.61 Å². The van der Waals surface area contributed by atoms with Gasteiger partial charge in [0, 0.05) is 17.5 Å². The molecule has 0 unspecified atom stereocenters. The van der Waals surface area contributed by atoms with E-state index >= 15 is 0 Å². The second kappa shape index (κ2) is 6.67. The Balaban J connectivity index is 1.63. The third-order valence-electron chi connectivity index (χ3n) is 5.39. The van der Waals surface area contributed by atoms with Gasteiger partial charge in [0.25, 0.3) is 5.91 Å². The van der Waals surface area contributed by atoms with Crippen molar-refractivity contribution in [1.29, 1.82) is 0 Å². The molecule has 0 aromatic heterocycles. The van der Waals surface area contributed by atoms with Crippen LogP contribution < -0.4 is 0 Å². The second-order valence-electron chi connectivity index (χ2n) is 8.51. The summed E-state index contributed by atoms with van der Waals surface area (Å²) in [5.74, 6) is -0.492. The first kappa shape index (κ1) is 18.3. The Hall–Kier alpha value is -1.49. The van der Waals surface area contributed by atoms with Gasteiger partial charge in [-0.3, -0.25) is 4.79 Å². The van der Waals surface area contributed by atoms with Crippen molar-refractivity contribution in [3.05, 3.63) is 29.8 Å². The normalized spacial score (nSPS) is 27.2. The number of amides is 1. The number of nitrogens with zero attached hydrogens (tertiary/aromatic N) is 1. The highest BCUT2D eigenvalue weighted by Gasteiger charge is 2.50. The van der Waals surface area contributed by atoms with Crippen LogP contribution >= 0.6 is 11.8 Å². The van der Waals surface area contributed by atoms with Gasteiger partial charge in [-0.25, -0.2) is 4.79 Å². The van der Waals surface area contributed by atoms with Crippen molar-refractivity contribution in [3.8, 4) is 0 Å². The van der Waals surface area contributed by atoms with E-state index in [4.69, 9.17) is 4.74 Å². The molecule has 4 nitrogen and oxygen atoms in total. The predicted molar refractivity (Wildman–Crippen MR) is 99.7 cm³/mol. The lowest BCUT2D eigenvalue weighted by atomic mass is 9.65. The zero-order chi connectivity index (χ0) is 18.2. The molecule has 1 saturated carbocycles. The fraction of sp³-hybridized carbons (Fsp3) is 0.600. The van der Waals surface area contributed by atoms with Crippen molar-refractivity contribution in [2.75, 3.05) is 19.4 Å². The van der Waals surface area contributed by atoms with Crippen LogP contribution in [0.4, 0.5) is 0 Å². The van der Waals surface area contributed by atoms with Gasteiger partial charge in [0.1, 0.15) is 0 Å². The van der Waals surface area contributed by atoms with E-state index in [1.54, 1.807) is 6.07 Å². The lowest BCUT2D eigenvalue weighted by molar-refractivity contribution is -0.135. The number of benzene rings is 1. The van der Waals surface area contributed by atoms with Crippen LogP contribution in [0.15, 0.2) is 29.2 Å². The molecule has 1 aliphatic heterocycles. The van der Waals surface area contributed by atoms with Gasteiger partial charge in [-0.1, -0.05) is 32.9 Å². The lowest BCUT2D eigenvalue weighted by Crippen LogP contribution is -2.39. The van der Waals surface area contributed by atoms with Gasteiger partial charge in [0.2, 0.25) is 0 Å². The van der Waals surface area contributed by atoms with Crippen molar-refractivity contribution >= 4 is 23.6 Å². The Kier molecular flexibility index (Phi) is 4.89. The summed E-state index contributed by atoms with van der Waals surface area (Å²) in [6, 6.07) is 7.60. The minimum atomic E-state index is -0.424. The smallest absolute Gasteiger partial charge is 0.339 e. The summed E-state index contributed by atoms with van der Waals surface area (Å²) in [4.78, 5) is 27.8. The average molecular weight is 362 g/mol. The van der Waals surface area contributed by atoms with Gasteiger partial charge in [0.05, 0.1) is 5.56 Å². The molecule has 136 valence electrons. The molecule has 2 fully saturated rings. The van der Waals surface area contributed by atoms with E-state index in [0.29, 0.717) is 5.56 Å². The number of thioether (sulfide) groups is 1. The molecule has 0 N–H and O–H groups in total. The number of carbonyl (C=O) groups excluding carboxylic acids is 2. The highest BCUT2D eigenvalue weighted by Crippen LogP contribution is 2.52. The van der Waals surface area contributed by atoms with Crippen molar-refractivity contribution < 1.29 is 14.3 Å². The van der Waals surface area contributed by atoms with E-state index in [9.17, 15) is 9.59 Å². The molecule has 1 aromatic rings. The van der Waals surface area contributed by atoms with E-state index < -0.39 is 5.97 Å². The van der Waals surface area contributed by atoms with Crippen molar-refractivity contribution in [1.82, 2.24) is 4.90 Å². The van der Waals surface area contributed by atoms with Crippen LogP contribution in [0, 0.1) is 10.8 Å². The van der Waals surface area contributed by atoms with Crippen LogP contribution in [-0.2, 0) is 9.53 Å². The summed E-state index contributed by atoms with van der Waals surface area (Å²) in [5, 5.41) is 0. The van der Waals surface area contributed by atoms with E-state index in [1.807, 2.05) is 29.4 Å². The molecule has 1 heterocycles. The van der Waals surface area contributed by atoms with Crippen LogP contribution in [0.2, 0.25) is 0 Å². The molecule has 2 aliphatic rings. The number of fused-ring (bicyclic) bond motifs is 2. The number of rotatable bonds is 4. The first-order valence-corrected chi connectivity index (χ1v) is 10.1. The molecule has 1 amide bonds. The maximum atomic E-state index is 12.7. The standard InChI is InChI=1S/C20H27NO3S/c1-19(2)9-14-10-20(3,12-19)13-21(14)17(22)11-24-18(23)15-7-5-6-8-16(15)25-4/h5-8,14H,9-13H2,1-4H3/t14-,20-/m1/s1. The van der Waals surface area contributed by atoms with Crippen molar-refractivity contribution in [2.24, 2.45) is 10.8 Å². The van der Waals surface area contributed by atoms with E-state index in [1.165, 1.54) is 11.8 Å². The molecule has 2 bridgehead atoms. The fourth-order valence-corrected chi connectivity index (χ4v) is 5.44. The minimum Gasteiger partial charge on any atom is -0.452 e. The van der Waals surface area contributed by atoms with Gasteiger partial charge in [-0.2, -0.15) is 0 Å². The Morgan fingerprint density at radius 3 is 2.68 bits per heavy atom. The third kappa shape index (κ3) is 3.86. The highest BCUT2D eigenvalue weighted by atomic mass is 32.2. The summed E-state index contributed by atoms with van der Waals surface area (Å²) in [6.07, 6.45) is 5.15. The zero-order valence-corrected chi connectivity index (χ0v) is 16.3. The molecular formula is C20H27NO3S. The third-order valence-corrected chi connectivity index (χ3v) is 6.18. The van der Waals surface area contributed by atoms with Gasteiger partial charge < -0.3 is 9.64 Å². The Labute approximate surface area is 154 Å². The van der Waals surface area contributed by atoms with Crippen molar-refractivity contribution in [3.63, 3.8) is 0 Å². The molecule has 1 aliphatic carbocycles. The molecule has 0 radical (unpaired) electrons. The van der Waals surface area contributed by atoms with Crippen LogP contribution in [0.25, 0.3) is 0 Å². The molecule has 25 heavy (non-hydrogen) atoms.